The SMILES string of the molecule is COC1=CC(c2[nH]c(-c3ccc4[nH]ncc4c3)nc2-c2ccncc2)CN=C1N. The molecule has 1 aliphatic heterocycles. The van der Waals surface area contributed by atoms with Crippen LogP contribution in [0.4, 0.5) is 0 Å². The second-order valence-corrected chi connectivity index (χ2v) is 6.82. The van der Waals surface area contributed by atoms with Gasteiger partial charge in [-0.3, -0.25) is 15.1 Å². The van der Waals surface area contributed by atoms with E-state index in [0.717, 1.165) is 39.2 Å². The van der Waals surface area contributed by atoms with Gasteiger partial charge in [0.25, 0.3) is 0 Å². The Balaban J connectivity index is 1.64. The number of fused-ring (bicyclic) bond motifs is 1. The Hall–Kier alpha value is -3.94. The average Bonchev–Trinajstić information content (AvgIpc) is 3.41. The molecule has 1 aromatic carbocycles. The lowest BCUT2D eigenvalue weighted by Gasteiger charge is -2.18. The predicted octanol–water partition coefficient (Wildman–Crippen LogP) is 3.00. The minimum absolute atomic E-state index is 0.0284. The van der Waals surface area contributed by atoms with Gasteiger partial charge in [-0.2, -0.15) is 5.10 Å². The molecule has 0 fully saturated rings. The van der Waals surface area contributed by atoms with E-state index in [1.54, 1.807) is 25.7 Å². The van der Waals surface area contributed by atoms with E-state index in [4.69, 9.17) is 15.5 Å². The molecule has 0 radical (unpaired) electrons. The van der Waals surface area contributed by atoms with Crippen LogP contribution >= 0.6 is 0 Å². The van der Waals surface area contributed by atoms with Crippen LogP contribution in [0.3, 0.4) is 0 Å². The van der Waals surface area contributed by atoms with Crippen LogP contribution in [0, 0.1) is 0 Å². The number of aromatic amines is 2. The van der Waals surface area contributed by atoms with E-state index >= 15 is 0 Å². The number of rotatable bonds is 4. The van der Waals surface area contributed by atoms with Crippen LogP contribution in [0.1, 0.15) is 11.6 Å². The van der Waals surface area contributed by atoms with Crippen molar-refractivity contribution in [3.8, 4) is 22.6 Å². The fourth-order valence-electron chi connectivity index (χ4n) is 3.55. The van der Waals surface area contributed by atoms with Gasteiger partial charge in [-0.1, -0.05) is 0 Å². The molecule has 1 unspecified atom stereocenters. The molecule has 1 aliphatic rings. The first-order chi connectivity index (χ1) is 14.2. The summed E-state index contributed by atoms with van der Waals surface area (Å²) in [5.74, 6) is 1.75. The molecular formula is C21H19N7O. The lowest BCUT2D eigenvalue weighted by Crippen LogP contribution is -2.23. The number of nitrogens with zero attached hydrogens (tertiary/aromatic N) is 4. The third-order valence-electron chi connectivity index (χ3n) is 5.05. The molecule has 0 bridgehead atoms. The molecule has 4 heterocycles. The van der Waals surface area contributed by atoms with Crippen LogP contribution in [0.2, 0.25) is 0 Å². The summed E-state index contributed by atoms with van der Waals surface area (Å²) in [6.07, 6.45) is 7.32. The van der Waals surface area contributed by atoms with Gasteiger partial charge in [-0.25, -0.2) is 4.98 Å². The summed E-state index contributed by atoms with van der Waals surface area (Å²) in [6, 6.07) is 9.98. The van der Waals surface area contributed by atoms with Crippen molar-refractivity contribution in [3.05, 3.63) is 66.5 Å². The van der Waals surface area contributed by atoms with Gasteiger partial charge in [0.2, 0.25) is 0 Å². The van der Waals surface area contributed by atoms with E-state index in [2.05, 4.69) is 31.2 Å². The minimum atomic E-state index is -0.0284. The second kappa shape index (κ2) is 6.90. The highest BCUT2D eigenvalue weighted by Gasteiger charge is 2.24. The van der Waals surface area contributed by atoms with E-state index in [1.165, 1.54) is 0 Å². The van der Waals surface area contributed by atoms with Crippen LogP contribution in [-0.2, 0) is 4.74 Å². The van der Waals surface area contributed by atoms with Crippen LogP contribution in [0.15, 0.2) is 65.7 Å². The highest BCUT2D eigenvalue weighted by atomic mass is 16.5. The molecule has 4 aromatic rings. The number of hydrogen-bond donors (Lipinski definition) is 3. The molecule has 29 heavy (non-hydrogen) atoms. The molecule has 0 amide bonds. The Morgan fingerprint density at radius 2 is 2.00 bits per heavy atom. The molecule has 0 saturated carbocycles. The minimum Gasteiger partial charge on any atom is -0.493 e. The van der Waals surface area contributed by atoms with Crippen molar-refractivity contribution in [2.24, 2.45) is 10.7 Å². The lowest BCUT2D eigenvalue weighted by atomic mass is 9.98. The zero-order valence-corrected chi connectivity index (χ0v) is 15.8. The number of nitrogens with two attached hydrogens (primary N) is 1. The summed E-state index contributed by atoms with van der Waals surface area (Å²) < 4.78 is 5.38. The van der Waals surface area contributed by atoms with Crippen molar-refractivity contribution < 1.29 is 4.74 Å². The van der Waals surface area contributed by atoms with Crippen molar-refractivity contribution in [2.75, 3.05) is 13.7 Å². The molecule has 1 atom stereocenters. The topological polar surface area (TPSA) is 118 Å². The zero-order valence-electron chi connectivity index (χ0n) is 15.8. The Morgan fingerprint density at radius 3 is 2.83 bits per heavy atom. The van der Waals surface area contributed by atoms with Crippen LogP contribution in [0.25, 0.3) is 33.5 Å². The first-order valence-electron chi connectivity index (χ1n) is 9.23. The van der Waals surface area contributed by atoms with Crippen LogP contribution in [0.5, 0.6) is 0 Å². The van der Waals surface area contributed by atoms with Crippen molar-refractivity contribution >= 4 is 16.7 Å². The maximum absolute atomic E-state index is 5.93. The highest BCUT2D eigenvalue weighted by Crippen LogP contribution is 2.33. The number of dihydropyridines is 1. The molecule has 3 aromatic heterocycles. The fraction of sp³-hybridized carbons (Fsp3) is 0.143. The van der Waals surface area contributed by atoms with Gasteiger partial charge < -0.3 is 15.5 Å². The predicted molar refractivity (Wildman–Crippen MR) is 111 cm³/mol. The van der Waals surface area contributed by atoms with Gasteiger partial charge in [0.15, 0.2) is 11.6 Å². The van der Waals surface area contributed by atoms with Gasteiger partial charge >= 0.3 is 0 Å². The Labute approximate surface area is 166 Å². The largest absolute Gasteiger partial charge is 0.493 e. The van der Waals surface area contributed by atoms with E-state index in [9.17, 15) is 0 Å². The van der Waals surface area contributed by atoms with Gasteiger partial charge in [0.05, 0.1) is 36.8 Å². The number of imidazole rings is 1. The van der Waals surface area contributed by atoms with Gasteiger partial charge in [0.1, 0.15) is 5.82 Å². The fourth-order valence-corrected chi connectivity index (χ4v) is 3.55. The van der Waals surface area contributed by atoms with E-state index in [0.29, 0.717) is 18.1 Å². The summed E-state index contributed by atoms with van der Waals surface area (Å²) in [6.45, 7) is 0.527. The first-order valence-corrected chi connectivity index (χ1v) is 9.23. The Kier molecular flexibility index (Phi) is 4.09. The van der Waals surface area contributed by atoms with Gasteiger partial charge in [-0.05, 0) is 36.4 Å². The smallest absolute Gasteiger partial charge is 0.161 e. The number of benzene rings is 1. The van der Waals surface area contributed by atoms with E-state index in [-0.39, 0.29) is 5.92 Å². The van der Waals surface area contributed by atoms with Gasteiger partial charge in [-0.15, -0.1) is 0 Å². The Bertz CT molecular complexity index is 1240. The number of methoxy groups -OCH3 is 1. The number of aliphatic imine (C=N–C) groups is 1. The zero-order chi connectivity index (χ0) is 19.8. The summed E-state index contributed by atoms with van der Waals surface area (Å²) in [5.41, 5.74) is 10.7. The molecule has 8 nitrogen and oxygen atoms in total. The molecule has 144 valence electrons. The molecule has 8 heteroatoms. The number of ether oxygens (including phenoxy) is 1. The second-order valence-electron chi connectivity index (χ2n) is 6.82. The highest BCUT2D eigenvalue weighted by molar-refractivity contribution is 5.96. The molecular weight excluding hydrogens is 366 g/mol. The van der Waals surface area contributed by atoms with E-state index in [1.807, 2.05) is 30.3 Å². The standard InChI is InChI=1S/C21H19N7O/c1-29-17-9-15(10-24-20(17)22)19-18(12-4-6-23-7-5-12)26-21(27-19)13-2-3-16-14(8-13)11-25-28-16/h2-9,11,15H,10H2,1H3,(H2,22,24)(H,25,28)(H,26,27). The summed E-state index contributed by atoms with van der Waals surface area (Å²) >= 11 is 0. The van der Waals surface area contributed by atoms with Crippen molar-refractivity contribution in [2.45, 2.75) is 5.92 Å². The van der Waals surface area contributed by atoms with Crippen molar-refractivity contribution in [3.63, 3.8) is 0 Å². The van der Waals surface area contributed by atoms with Crippen LogP contribution < -0.4 is 5.73 Å². The monoisotopic (exact) mass is 385 g/mol. The maximum Gasteiger partial charge on any atom is 0.161 e. The molecule has 4 N–H and O–H groups in total. The molecule has 0 spiro atoms. The lowest BCUT2D eigenvalue weighted by molar-refractivity contribution is 0.309. The third kappa shape index (κ3) is 3.04. The van der Waals surface area contributed by atoms with Crippen molar-refractivity contribution in [1.82, 2.24) is 25.1 Å². The molecule has 0 saturated heterocycles. The van der Waals surface area contributed by atoms with Crippen molar-refractivity contribution in [1.29, 1.82) is 0 Å². The average molecular weight is 385 g/mol. The number of hydrogen-bond acceptors (Lipinski definition) is 6. The third-order valence-corrected chi connectivity index (χ3v) is 5.05. The summed E-state index contributed by atoms with van der Waals surface area (Å²) in [7, 11) is 1.60. The number of pyridine rings is 1. The number of H-pyrrole nitrogens is 2. The number of nitrogens with one attached hydrogen (secondary N) is 2. The quantitative estimate of drug-likeness (QED) is 0.499. The van der Waals surface area contributed by atoms with Gasteiger partial charge in [0, 0.05) is 34.8 Å². The number of aromatic nitrogens is 5. The molecule has 0 aliphatic carbocycles. The summed E-state index contributed by atoms with van der Waals surface area (Å²) in [4.78, 5) is 17.0. The molecule has 5 rings (SSSR count). The first kappa shape index (κ1) is 17.2. The van der Waals surface area contributed by atoms with E-state index < -0.39 is 0 Å². The number of amidine groups is 1. The Morgan fingerprint density at radius 1 is 1.14 bits per heavy atom. The maximum atomic E-state index is 5.93. The normalized spacial score (nSPS) is 16.5. The summed E-state index contributed by atoms with van der Waals surface area (Å²) in [5, 5.41) is 8.10. The van der Waals surface area contributed by atoms with Crippen LogP contribution in [-0.4, -0.2) is 44.6 Å².